The van der Waals surface area contributed by atoms with Crippen LogP contribution < -0.4 is 10.7 Å². The quantitative estimate of drug-likeness (QED) is 0.628. The zero-order valence-corrected chi connectivity index (χ0v) is 17.3. The van der Waals surface area contributed by atoms with Crippen LogP contribution in [-0.4, -0.2) is 44.8 Å². The number of benzene rings is 1. The Morgan fingerprint density at radius 2 is 2.10 bits per heavy atom. The van der Waals surface area contributed by atoms with Gasteiger partial charge in [-0.1, -0.05) is 11.6 Å². The van der Waals surface area contributed by atoms with Crippen molar-refractivity contribution in [2.24, 2.45) is 7.05 Å². The number of nitrogens with one attached hydrogen (secondary N) is 2. The Kier molecular flexibility index (Phi) is 5.76. The number of aromatic nitrogens is 3. The molecule has 164 valence electrons. The molecule has 4 rings (SSSR count). The van der Waals surface area contributed by atoms with Crippen LogP contribution in [0.3, 0.4) is 0 Å². The van der Waals surface area contributed by atoms with Gasteiger partial charge in [-0.3, -0.25) is 9.48 Å². The van der Waals surface area contributed by atoms with Gasteiger partial charge in [0.2, 0.25) is 0 Å². The highest BCUT2D eigenvalue weighted by atomic mass is 35.5. The number of aryl methyl sites for hydroxylation is 1. The van der Waals surface area contributed by atoms with Crippen LogP contribution in [0.2, 0.25) is 5.02 Å². The molecule has 0 spiro atoms. The van der Waals surface area contributed by atoms with E-state index in [0.29, 0.717) is 29.1 Å². The van der Waals surface area contributed by atoms with Crippen molar-refractivity contribution in [3.05, 3.63) is 52.9 Å². The van der Waals surface area contributed by atoms with Crippen molar-refractivity contribution in [2.45, 2.75) is 25.1 Å². The van der Waals surface area contributed by atoms with E-state index in [-0.39, 0.29) is 23.2 Å². The summed E-state index contributed by atoms with van der Waals surface area (Å²) in [6.07, 6.45) is 0.0631. The number of halogens is 4. The van der Waals surface area contributed by atoms with E-state index in [2.05, 4.69) is 20.8 Å². The maximum atomic E-state index is 13.3. The molecule has 1 amide bonds. The van der Waals surface area contributed by atoms with E-state index in [0.717, 1.165) is 18.9 Å². The van der Waals surface area contributed by atoms with Crippen molar-refractivity contribution in [3.63, 3.8) is 0 Å². The van der Waals surface area contributed by atoms with Gasteiger partial charge in [0.25, 0.3) is 5.91 Å². The number of amides is 1. The first-order valence-electron chi connectivity index (χ1n) is 9.67. The molecule has 0 radical (unpaired) electrons. The van der Waals surface area contributed by atoms with Crippen molar-refractivity contribution in [1.29, 1.82) is 0 Å². The van der Waals surface area contributed by atoms with Crippen molar-refractivity contribution in [1.82, 2.24) is 25.1 Å². The van der Waals surface area contributed by atoms with E-state index in [1.54, 1.807) is 29.0 Å². The van der Waals surface area contributed by atoms with Crippen LogP contribution in [0.5, 0.6) is 0 Å². The van der Waals surface area contributed by atoms with Gasteiger partial charge in [0.1, 0.15) is 5.69 Å². The number of fused-ring (bicyclic) bond motifs is 1. The number of hydrogen-bond donors (Lipinski definition) is 2. The second-order valence-electron chi connectivity index (χ2n) is 7.49. The lowest BCUT2D eigenvalue weighted by Gasteiger charge is -2.34. The number of piperidine rings is 1. The minimum Gasteiger partial charge on any atom is -0.348 e. The molecule has 3 heterocycles. The van der Waals surface area contributed by atoms with Gasteiger partial charge in [-0.25, -0.2) is 9.99 Å². The SMILES string of the molecule is Cn1cc(C(=O)N[C@H]2CCCN(Nc3cc(C(F)(F)F)nc4ccc(Cl)cc34)C2)cn1. The van der Waals surface area contributed by atoms with Crippen LogP contribution >= 0.6 is 11.6 Å². The van der Waals surface area contributed by atoms with Crippen molar-refractivity contribution >= 4 is 34.1 Å². The molecule has 0 unspecified atom stereocenters. The molecule has 7 nitrogen and oxygen atoms in total. The minimum absolute atomic E-state index is 0.160. The zero-order valence-electron chi connectivity index (χ0n) is 16.6. The van der Waals surface area contributed by atoms with Gasteiger partial charge < -0.3 is 10.7 Å². The third-order valence-corrected chi connectivity index (χ3v) is 5.30. The predicted octanol–water partition coefficient (Wildman–Crippen LogP) is 3.86. The van der Waals surface area contributed by atoms with Crippen molar-refractivity contribution < 1.29 is 18.0 Å². The third kappa shape index (κ3) is 4.91. The minimum atomic E-state index is -4.58. The Balaban J connectivity index is 1.54. The molecular weight excluding hydrogens is 433 g/mol. The van der Waals surface area contributed by atoms with E-state index in [4.69, 9.17) is 11.6 Å². The summed E-state index contributed by atoms with van der Waals surface area (Å²) in [7, 11) is 1.73. The average molecular weight is 453 g/mol. The van der Waals surface area contributed by atoms with E-state index >= 15 is 0 Å². The maximum Gasteiger partial charge on any atom is 0.433 e. The summed E-state index contributed by atoms with van der Waals surface area (Å²) in [6.45, 7) is 1.04. The number of rotatable bonds is 4. The molecular formula is C20H20ClF3N6O. The number of hydrazine groups is 1. The summed E-state index contributed by atoms with van der Waals surface area (Å²) in [5.74, 6) is -0.236. The highest BCUT2D eigenvalue weighted by molar-refractivity contribution is 6.31. The number of alkyl halides is 3. The number of pyridine rings is 1. The molecule has 1 fully saturated rings. The summed E-state index contributed by atoms with van der Waals surface area (Å²) in [6, 6.07) is 5.37. The molecule has 0 saturated carbocycles. The second-order valence-corrected chi connectivity index (χ2v) is 7.92. The number of nitrogens with zero attached hydrogens (tertiary/aromatic N) is 4. The van der Waals surface area contributed by atoms with Gasteiger partial charge in [0.05, 0.1) is 23.0 Å². The third-order valence-electron chi connectivity index (χ3n) is 5.06. The number of carbonyl (C=O) groups is 1. The highest BCUT2D eigenvalue weighted by Crippen LogP contribution is 2.34. The molecule has 1 atom stereocenters. The Labute approximate surface area is 181 Å². The standard InChI is InChI=1S/C20H20ClF3N6O/c1-29-10-12(9-25-29)19(31)26-14-3-2-6-30(11-14)28-17-8-18(20(22,23)24)27-16-5-4-13(21)7-15(16)17/h4-5,7-10,14H,2-3,6,11H2,1H3,(H,26,31)(H,27,28)/t14-/m0/s1. The van der Waals surface area contributed by atoms with Gasteiger partial charge in [0, 0.05) is 42.8 Å². The fourth-order valence-electron chi connectivity index (χ4n) is 3.61. The molecule has 0 aliphatic carbocycles. The lowest BCUT2D eigenvalue weighted by molar-refractivity contribution is -0.140. The van der Waals surface area contributed by atoms with E-state index in [1.807, 2.05) is 0 Å². The number of carbonyl (C=O) groups excluding carboxylic acids is 1. The first-order chi connectivity index (χ1) is 14.7. The van der Waals surface area contributed by atoms with Crippen LogP contribution in [0.1, 0.15) is 28.9 Å². The topological polar surface area (TPSA) is 75.1 Å². The van der Waals surface area contributed by atoms with Crippen LogP contribution in [0.4, 0.5) is 18.9 Å². The smallest absolute Gasteiger partial charge is 0.348 e. The van der Waals surface area contributed by atoms with Crippen LogP contribution in [0, 0.1) is 0 Å². The van der Waals surface area contributed by atoms with Crippen molar-refractivity contribution in [2.75, 3.05) is 18.5 Å². The number of hydrogen-bond acceptors (Lipinski definition) is 5. The molecule has 3 aromatic rings. The van der Waals surface area contributed by atoms with E-state index in [1.165, 1.54) is 18.3 Å². The van der Waals surface area contributed by atoms with Gasteiger partial charge in [-0.05, 0) is 37.1 Å². The Morgan fingerprint density at radius 1 is 1.29 bits per heavy atom. The fraction of sp³-hybridized carbons (Fsp3) is 0.350. The molecule has 1 aliphatic heterocycles. The first-order valence-corrected chi connectivity index (χ1v) is 10.1. The molecule has 1 aliphatic rings. The fourth-order valence-corrected chi connectivity index (χ4v) is 3.78. The lowest BCUT2D eigenvalue weighted by atomic mass is 10.1. The normalized spacial score (nSPS) is 17.6. The molecule has 31 heavy (non-hydrogen) atoms. The Morgan fingerprint density at radius 3 is 2.81 bits per heavy atom. The van der Waals surface area contributed by atoms with Crippen molar-refractivity contribution in [3.8, 4) is 0 Å². The molecule has 0 bridgehead atoms. The molecule has 1 saturated heterocycles. The summed E-state index contributed by atoms with van der Waals surface area (Å²) < 4.78 is 41.6. The van der Waals surface area contributed by atoms with Gasteiger partial charge in [-0.2, -0.15) is 18.3 Å². The van der Waals surface area contributed by atoms with Gasteiger partial charge in [0.15, 0.2) is 0 Å². The number of anilines is 1. The Bertz CT molecular complexity index is 1120. The molecule has 11 heteroatoms. The summed E-state index contributed by atoms with van der Waals surface area (Å²) in [4.78, 5) is 16.1. The molecule has 2 aromatic heterocycles. The predicted molar refractivity (Wildman–Crippen MR) is 111 cm³/mol. The summed E-state index contributed by atoms with van der Waals surface area (Å²) in [5.41, 5.74) is 3.01. The van der Waals surface area contributed by atoms with E-state index < -0.39 is 11.9 Å². The van der Waals surface area contributed by atoms with Crippen LogP contribution in [0.15, 0.2) is 36.7 Å². The zero-order chi connectivity index (χ0) is 22.2. The Hall–Kier alpha value is -2.85. The average Bonchev–Trinajstić information content (AvgIpc) is 3.14. The first kappa shape index (κ1) is 21.4. The van der Waals surface area contributed by atoms with Crippen LogP contribution in [-0.2, 0) is 13.2 Å². The van der Waals surface area contributed by atoms with Crippen LogP contribution in [0.25, 0.3) is 10.9 Å². The highest BCUT2D eigenvalue weighted by Gasteiger charge is 2.34. The largest absolute Gasteiger partial charge is 0.433 e. The molecule has 2 N–H and O–H groups in total. The summed E-state index contributed by atoms with van der Waals surface area (Å²) in [5, 5.41) is 9.64. The second kappa shape index (κ2) is 8.35. The molecule has 1 aromatic carbocycles. The van der Waals surface area contributed by atoms with Gasteiger partial charge >= 0.3 is 6.18 Å². The monoisotopic (exact) mass is 452 g/mol. The maximum absolute atomic E-state index is 13.3. The van der Waals surface area contributed by atoms with E-state index in [9.17, 15) is 18.0 Å². The van der Waals surface area contributed by atoms with Gasteiger partial charge in [-0.15, -0.1) is 0 Å². The summed E-state index contributed by atoms with van der Waals surface area (Å²) >= 11 is 6.06. The lowest BCUT2D eigenvalue weighted by Crippen LogP contribution is -2.49.